The lowest BCUT2D eigenvalue weighted by atomic mass is 9.23. The maximum atomic E-state index is 17.2. The molecule has 0 atom stereocenters. The molecule has 0 saturated carbocycles. The molecule has 3 nitrogen and oxygen atoms in total. The molecule has 0 aliphatic carbocycles. The van der Waals surface area contributed by atoms with Crippen LogP contribution in [0, 0.1) is 99.7 Å². The van der Waals surface area contributed by atoms with E-state index >= 15 is 48.5 Å². The Labute approximate surface area is 378 Å². The number of hydrogen-bond acceptors (Lipinski definition) is 3. The van der Waals surface area contributed by atoms with Gasteiger partial charge in [0.1, 0.15) is 49.1 Å². The van der Waals surface area contributed by atoms with E-state index in [0.29, 0.717) is 32.9 Å². The smallest absolute Gasteiger partial charge is 0.230 e. The molecule has 7 rings (SSSR count). The summed E-state index contributed by atoms with van der Waals surface area (Å²) < 4.78 is 180. The van der Waals surface area contributed by atoms with Crippen LogP contribution in [0.2, 0.25) is 19.6 Å². The van der Waals surface area contributed by atoms with Gasteiger partial charge < -0.3 is 9.77 Å². The minimum atomic E-state index is -5.13. The molecule has 0 aromatic heterocycles. The normalized spacial score (nSPS) is 15.3. The largest absolute Gasteiger partial charge is 0.321 e. The third-order valence-corrected chi connectivity index (χ3v) is 25.2. The lowest BCUT2D eigenvalue weighted by Gasteiger charge is -2.47. The molecule has 0 radical (unpaired) electrons. The van der Waals surface area contributed by atoms with E-state index in [2.05, 4.69) is 0 Å². The summed E-state index contributed by atoms with van der Waals surface area (Å²) >= 11 is 0. The van der Waals surface area contributed by atoms with Crippen molar-refractivity contribution in [2.24, 2.45) is 0 Å². The lowest BCUT2D eigenvalue weighted by molar-refractivity contribution is 0.0935. The molecule has 1 N–H and O–H groups in total. The van der Waals surface area contributed by atoms with Crippen LogP contribution in [0.1, 0.15) is 39.8 Å². The molecular formula is C49H46BF10NO2P2Si. The van der Waals surface area contributed by atoms with Gasteiger partial charge in [0.15, 0.2) is 42.3 Å². The van der Waals surface area contributed by atoms with Crippen molar-refractivity contribution >= 4 is 61.1 Å². The van der Waals surface area contributed by atoms with Crippen molar-refractivity contribution in [2.75, 3.05) is 6.16 Å². The Morgan fingerprint density at radius 1 is 0.530 bits per heavy atom. The van der Waals surface area contributed by atoms with Crippen molar-refractivity contribution in [3.05, 3.63) is 187 Å². The van der Waals surface area contributed by atoms with Gasteiger partial charge in [-0.05, 0) is 88.1 Å². The van der Waals surface area contributed by atoms with Gasteiger partial charge in [0.25, 0.3) is 0 Å². The van der Waals surface area contributed by atoms with Crippen LogP contribution < -0.4 is 32.1 Å². The first-order valence-electron chi connectivity index (χ1n) is 21.0. The van der Waals surface area contributed by atoms with E-state index in [1.54, 1.807) is 83.7 Å². The van der Waals surface area contributed by atoms with Gasteiger partial charge >= 0.3 is 0 Å². The van der Waals surface area contributed by atoms with Crippen LogP contribution in [0.5, 0.6) is 0 Å². The van der Waals surface area contributed by atoms with Crippen molar-refractivity contribution in [1.82, 2.24) is 4.74 Å². The zero-order chi connectivity index (χ0) is 48.7. The second kappa shape index (κ2) is 17.4. The van der Waals surface area contributed by atoms with Crippen molar-refractivity contribution in [1.29, 1.82) is 0 Å². The average Bonchev–Trinajstić information content (AvgIpc) is 3.48. The monoisotopic (exact) mass is 971 g/mol. The Morgan fingerprint density at radius 3 is 1.14 bits per heavy atom. The van der Waals surface area contributed by atoms with Gasteiger partial charge in [0, 0.05) is 21.7 Å². The topological polar surface area (TPSA) is 40.5 Å². The molecule has 0 saturated heterocycles. The second-order valence-corrected chi connectivity index (χ2v) is 29.6. The Hall–Kier alpha value is -4.78. The van der Waals surface area contributed by atoms with E-state index in [1.165, 1.54) is 48.5 Å². The van der Waals surface area contributed by atoms with Gasteiger partial charge in [-0.15, -0.1) is 10.9 Å². The molecule has 346 valence electrons. The molecule has 0 unspecified atom stereocenters. The fraction of sp³-hybridized carbons (Fsp3) is 0.224. The molecule has 1 aliphatic rings. The quantitative estimate of drug-likeness (QED) is 0.0489. The maximum absolute atomic E-state index is 17.2. The van der Waals surface area contributed by atoms with Gasteiger partial charge in [-0.3, -0.25) is 0 Å². The number of aryl methyl sites for hydroxylation is 6. The molecule has 0 amide bonds. The standard InChI is InChI=1S/C49H46BF10NO2P2Si/c1-26-22-28(3)47(29(4)23-26)64(63,48-30(5)24-27(2)25-31(48)6)21-20-34-49(66(7,8)9)65(32-16-12-10-13-17-32,33-18-14-11-15-19-33)61(62)50(34,35-37(51)41(55)45(59)42(56)38(35)52)36-39(53)43(57)46(60)44(58)40(36)54/h10-19,22-25,62H,20-21H2,1-9H3. The number of benzene rings is 6. The second-order valence-electron chi connectivity index (χ2n) is 18.2. The Balaban J connectivity index is 1.81. The van der Waals surface area contributed by atoms with Crippen molar-refractivity contribution in [3.8, 4) is 0 Å². The Kier molecular flexibility index (Phi) is 12.9. The first-order chi connectivity index (χ1) is 30.8. The van der Waals surface area contributed by atoms with Gasteiger partial charge in [-0.1, -0.05) is 97.9 Å². The Bertz CT molecular complexity index is 2780. The van der Waals surface area contributed by atoms with Crippen molar-refractivity contribution < 1.29 is 53.7 Å². The van der Waals surface area contributed by atoms with E-state index in [0.717, 1.165) is 11.1 Å². The van der Waals surface area contributed by atoms with Crippen LogP contribution in [-0.2, 0) is 4.57 Å². The van der Waals surface area contributed by atoms with Gasteiger partial charge in [-0.25, -0.2) is 48.6 Å². The number of halogens is 10. The fourth-order valence-corrected chi connectivity index (χ4v) is 25.3. The molecule has 6 aromatic rings. The molecule has 17 heteroatoms. The van der Waals surface area contributed by atoms with Gasteiger partial charge in [-0.2, -0.15) is 5.47 Å². The van der Waals surface area contributed by atoms with Crippen LogP contribution in [-0.4, -0.2) is 30.5 Å². The van der Waals surface area contributed by atoms with E-state index in [9.17, 15) is 5.21 Å². The third kappa shape index (κ3) is 7.18. The highest BCUT2D eigenvalue weighted by molar-refractivity contribution is 7.95. The zero-order valence-electron chi connectivity index (χ0n) is 37.6. The van der Waals surface area contributed by atoms with E-state index < -0.39 is 116 Å². The SMILES string of the molecule is Cc1cc(C)c(P(=O)(CCC2=C([Si](C)(C)C)[P+](c3ccccc3)(c3ccccc3)N(O)[B-]2(c2c(F)c(F)c(F)c(F)c2F)c2c(F)c(F)c(F)c(F)c2F)c2c(C)cc(C)cc2C)c(C)c1. The first kappa shape index (κ1) is 49.1. The predicted molar refractivity (Wildman–Crippen MR) is 248 cm³/mol. The molecule has 6 aromatic carbocycles. The number of rotatable bonds is 10. The summed E-state index contributed by atoms with van der Waals surface area (Å²) in [7, 11) is -12.1. The van der Waals surface area contributed by atoms with E-state index in [-0.39, 0.29) is 20.3 Å². The molecule has 66 heavy (non-hydrogen) atoms. The van der Waals surface area contributed by atoms with Crippen LogP contribution in [0.15, 0.2) is 95.3 Å². The van der Waals surface area contributed by atoms with Crippen LogP contribution in [0.4, 0.5) is 43.9 Å². The summed E-state index contributed by atoms with van der Waals surface area (Å²) in [5.41, 5.74) is -0.745. The average molecular weight is 972 g/mol. The molecule has 1 aliphatic heterocycles. The Morgan fingerprint density at radius 2 is 0.833 bits per heavy atom. The van der Waals surface area contributed by atoms with E-state index in [1.807, 2.05) is 13.8 Å². The molecule has 0 fully saturated rings. The van der Waals surface area contributed by atoms with Gasteiger partial charge in [0.2, 0.25) is 6.28 Å². The van der Waals surface area contributed by atoms with Crippen LogP contribution in [0.3, 0.4) is 0 Å². The minimum absolute atomic E-state index is 0.0732. The zero-order valence-corrected chi connectivity index (χ0v) is 40.3. The third-order valence-electron chi connectivity index (χ3n) is 12.8. The van der Waals surface area contributed by atoms with E-state index in [4.69, 9.17) is 0 Å². The summed E-state index contributed by atoms with van der Waals surface area (Å²) in [6.45, 7) is 15.7. The number of allylic oxidation sites excluding steroid dienone is 1. The van der Waals surface area contributed by atoms with Crippen LogP contribution >= 0.6 is 14.6 Å². The highest BCUT2D eigenvalue weighted by Gasteiger charge is 2.69. The van der Waals surface area contributed by atoms with Crippen molar-refractivity contribution in [3.63, 3.8) is 0 Å². The number of nitrogens with zero attached hydrogens (tertiary/aromatic N) is 1. The predicted octanol–water partition coefficient (Wildman–Crippen LogP) is 11.4. The molecule has 1 heterocycles. The molecule has 0 bridgehead atoms. The first-order valence-corrected chi connectivity index (χ1v) is 28.1. The summed E-state index contributed by atoms with van der Waals surface area (Å²) in [6.07, 6.45) is -6.48. The highest BCUT2D eigenvalue weighted by atomic mass is 31.2. The summed E-state index contributed by atoms with van der Waals surface area (Å²) in [5.74, 6) is -26.5. The van der Waals surface area contributed by atoms with Crippen molar-refractivity contribution in [2.45, 2.75) is 67.6 Å². The van der Waals surface area contributed by atoms with Crippen LogP contribution in [0.25, 0.3) is 0 Å². The lowest BCUT2D eigenvalue weighted by Crippen LogP contribution is -2.72. The highest BCUT2D eigenvalue weighted by Crippen LogP contribution is 2.75. The number of hydrogen-bond donors (Lipinski definition) is 1. The summed E-state index contributed by atoms with van der Waals surface area (Å²) in [6, 6.07) is 22.4. The minimum Gasteiger partial charge on any atom is -0.321 e. The summed E-state index contributed by atoms with van der Waals surface area (Å²) in [4.78, 5) is 0.0732. The summed E-state index contributed by atoms with van der Waals surface area (Å²) in [5, 5.41) is 14.6. The molecule has 0 spiro atoms. The maximum Gasteiger partial charge on any atom is 0.230 e. The molecular weight excluding hydrogens is 925 g/mol. The van der Waals surface area contributed by atoms with Gasteiger partial charge in [0.05, 0.1) is 0 Å². The fourth-order valence-electron chi connectivity index (χ4n) is 10.9.